The summed E-state index contributed by atoms with van der Waals surface area (Å²) in [5.74, 6) is -2.47. The van der Waals surface area contributed by atoms with E-state index in [0.29, 0.717) is 16.1 Å². The summed E-state index contributed by atoms with van der Waals surface area (Å²) < 4.78 is 67.8. The van der Waals surface area contributed by atoms with E-state index in [1.165, 1.54) is 43.3 Å². The van der Waals surface area contributed by atoms with Gasteiger partial charge < -0.3 is 14.9 Å². The Balaban J connectivity index is 1.80. The molecular formula is C23H24F3N3O6S2. The lowest BCUT2D eigenvalue weighted by atomic mass is 10.2. The number of carboxylic acids is 1. The number of benzene rings is 2. The number of carboxylic acid groups (broad SMARTS) is 1. The van der Waals surface area contributed by atoms with Gasteiger partial charge in [0.25, 0.3) is 0 Å². The molecule has 1 saturated heterocycles. The summed E-state index contributed by atoms with van der Waals surface area (Å²) in [4.78, 5) is 38.2. The van der Waals surface area contributed by atoms with E-state index in [9.17, 15) is 36.0 Å². The number of rotatable bonds is 7. The van der Waals surface area contributed by atoms with Crippen molar-refractivity contribution in [3.05, 3.63) is 59.7 Å². The molecular weight excluding hydrogens is 535 g/mol. The number of thiol groups is 1. The van der Waals surface area contributed by atoms with E-state index in [1.807, 2.05) is 0 Å². The summed E-state index contributed by atoms with van der Waals surface area (Å²) in [5, 5.41) is 8.39. The molecule has 1 heterocycles. The Hall–Kier alpha value is -3.10. The Kier molecular flexibility index (Phi) is 8.24. The first kappa shape index (κ1) is 28.5. The fourth-order valence-electron chi connectivity index (χ4n) is 3.94. The number of aromatic carboxylic acids is 1. The second kappa shape index (κ2) is 10.7. The molecule has 14 heteroatoms. The number of carbonyl (C=O) groups excluding carboxylic acids is 2. The Morgan fingerprint density at radius 3 is 2.24 bits per heavy atom. The molecule has 1 aliphatic rings. The van der Waals surface area contributed by atoms with Gasteiger partial charge in [-0.05, 0) is 42.8 Å². The number of hydrogen-bond acceptors (Lipinski definition) is 6. The van der Waals surface area contributed by atoms with Gasteiger partial charge in [-0.25, -0.2) is 13.2 Å². The second-order valence-electron chi connectivity index (χ2n) is 8.47. The Morgan fingerprint density at radius 1 is 1.08 bits per heavy atom. The zero-order valence-electron chi connectivity index (χ0n) is 19.7. The number of likely N-dealkylation sites (N-methyl/N-ethyl adjacent to an activating group) is 2. The van der Waals surface area contributed by atoms with Crippen LogP contribution in [0.1, 0.15) is 22.3 Å². The molecule has 0 aliphatic carbocycles. The number of alkyl halides is 3. The Morgan fingerprint density at radius 2 is 1.68 bits per heavy atom. The van der Waals surface area contributed by atoms with E-state index in [-0.39, 0.29) is 18.5 Å². The first-order valence-electron chi connectivity index (χ1n) is 10.9. The molecule has 0 spiro atoms. The molecule has 37 heavy (non-hydrogen) atoms. The van der Waals surface area contributed by atoms with Crippen LogP contribution < -0.4 is 4.90 Å². The minimum atomic E-state index is -4.93. The summed E-state index contributed by atoms with van der Waals surface area (Å²) in [6, 6.07) is 7.82. The van der Waals surface area contributed by atoms with Crippen LogP contribution in [0, 0.1) is 0 Å². The first-order valence-corrected chi connectivity index (χ1v) is 12.8. The third-order valence-corrected chi connectivity index (χ3v) is 8.23. The minimum absolute atomic E-state index is 0.0211. The number of hydrogen-bond donors (Lipinski definition) is 2. The summed E-state index contributed by atoms with van der Waals surface area (Å²) in [5.41, 5.74) is -0.962. The van der Waals surface area contributed by atoms with Gasteiger partial charge in [0.05, 0.1) is 22.6 Å². The summed E-state index contributed by atoms with van der Waals surface area (Å²) in [6.45, 7) is -0.748. The lowest BCUT2D eigenvalue weighted by Gasteiger charge is -2.29. The van der Waals surface area contributed by atoms with Crippen molar-refractivity contribution >= 4 is 46.1 Å². The third-order valence-electron chi connectivity index (χ3n) is 5.92. The van der Waals surface area contributed by atoms with Gasteiger partial charge in [0.15, 0.2) is 0 Å². The molecule has 2 aromatic rings. The van der Waals surface area contributed by atoms with Crippen LogP contribution in [0.3, 0.4) is 0 Å². The van der Waals surface area contributed by atoms with Crippen LogP contribution in [0.5, 0.6) is 0 Å². The van der Waals surface area contributed by atoms with Gasteiger partial charge in [-0.2, -0.15) is 30.1 Å². The Bertz CT molecular complexity index is 1300. The molecule has 0 radical (unpaired) electrons. The van der Waals surface area contributed by atoms with E-state index >= 15 is 0 Å². The van der Waals surface area contributed by atoms with Gasteiger partial charge in [-0.1, -0.05) is 12.1 Å². The summed E-state index contributed by atoms with van der Waals surface area (Å²) in [6.07, 6.45) is -4.99. The van der Waals surface area contributed by atoms with Crippen molar-refractivity contribution in [2.24, 2.45) is 0 Å². The maximum atomic E-state index is 13.5. The van der Waals surface area contributed by atoms with E-state index in [0.717, 1.165) is 23.1 Å². The first-order chi connectivity index (χ1) is 17.1. The standard InChI is InChI=1S/C23H24F3N3O6S2/c1-27(13-20(30)28(2)15-9-7-14(8-10-15)22(32)33)21(31)18-11-16(36)12-29(18)37(34,35)19-6-4-3-5-17(19)23(24,25)26/h3-10,16,18,36H,11-13H2,1-2H3,(H,32,33)/t16-,18+/m1/s1. The number of sulfonamides is 1. The van der Waals surface area contributed by atoms with Crippen LogP contribution in [0.4, 0.5) is 18.9 Å². The van der Waals surface area contributed by atoms with Gasteiger partial charge in [0.1, 0.15) is 6.04 Å². The molecule has 0 unspecified atom stereocenters. The van der Waals surface area contributed by atoms with Crippen molar-refractivity contribution in [2.75, 3.05) is 32.1 Å². The molecule has 2 amide bonds. The third kappa shape index (κ3) is 6.08. The highest BCUT2D eigenvalue weighted by molar-refractivity contribution is 7.89. The number of anilines is 1. The summed E-state index contributed by atoms with van der Waals surface area (Å²) in [7, 11) is -2.04. The molecule has 1 N–H and O–H groups in total. The molecule has 3 rings (SSSR count). The molecule has 2 atom stereocenters. The number of amides is 2. The quantitative estimate of drug-likeness (QED) is 0.504. The molecule has 1 fully saturated rings. The number of carbonyl (C=O) groups is 3. The maximum absolute atomic E-state index is 13.5. The normalized spacial score (nSPS) is 18.4. The maximum Gasteiger partial charge on any atom is 0.417 e. The van der Waals surface area contributed by atoms with Gasteiger partial charge in [0, 0.05) is 31.6 Å². The molecule has 9 nitrogen and oxygen atoms in total. The summed E-state index contributed by atoms with van der Waals surface area (Å²) >= 11 is 4.26. The molecule has 200 valence electrons. The number of halogens is 3. The van der Waals surface area contributed by atoms with Crippen LogP contribution in [0.15, 0.2) is 53.4 Å². The lowest BCUT2D eigenvalue weighted by Crippen LogP contribution is -2.49. The fourth-order valence-corrected chi connectivity index (χ4v) is 6.28. The second-order valence-corrected chi connectivity index (χ2v) is 11.1. The predicted octanol–water partition coefficient (Wildman–Crippen LogP) is 2.59. The fraction of sp³-hybridized carbons (Fsp3) is 0.348. The van der Waals surface area contributed by atoms with Crippen molar-refractivity contribution in [2.45, 2.75) is 28.8 Å². The number of nitrogens with zero attached hydrogens (tertiary/aromatic N) is 3. The van der Waals surface area contributed by atoms with Crippen LogP contribution in [0.25, 0.3) is 0 Å². The van der Waals surface area contributed by atoms with Crippen LogP contribution in [0.2, 0.25) is 0 Å². The SMILES string of the molecule is CN(CC(=O)N(C)c1ccc(C(=O)O)cc1)C(=O)[C@@H]1C[C@@H](S)CN1S(=O)(=O)c1ccccc1C(F)(F)F. The smallest absolute Gasteiger partial charge is 0.417 e. The van der Waals surface area contributed by atoms with E-state index in [2.05, 4.69) is 12.6 Å². The van der Waals surface area contributed by atoms with Gasteiger partial charge >= 0.3 is 12.1 Å². The van der Waals surface area contributed by atoms with Crippen LogP contribution >= 0.6 is 12.6 Å². The van der Waals surface area contributed by atoms with Crippen molar-refractivity contribution in [1.82, 2.24) is 9.21 Å². The average molecular weight is 560 g/mol. The highest BCUT2D eigenvalue weighted by Crippen LogP contribution is 2.37. The topological polar surface area (TPSA) is 115 Å². The largest absolute Gasteiger partial charge is 0.478 e. The van der Waals surface area contributed by atoms with E-state index < -0.39 is 62.3 Å². The minimum Gasteiger partial charge on any atom is -0.478 e. The average Bonchev–Trinajstić information content (AvgIpc) is 3.25. The lowest BCUT2D eigenvalue weighted by molar-refractivity contribution is -0.140. The van der Waals surface area contributed by atoms with Crippen molar-refractivity contribution in [1.29, 1.82) is 0 Å². The van der Waals surface area contributed by atoms with Gasteiger partial charge in [0.2, 0.25) is 21.8 Å². The monoisotopic (exact) mass is 559 g/mol. The highest BCUT2D eigenvalue weighted by atomic mass is 32.2. The van der Waals surface area contributed by atoms with Crippen LogP contribution in [-0.4, -0.2) is 79.0 Å². The molecule has 1 aliphatic heterocycles. The Labute approximate surface area is 216 Å². The molecule has 0 bridgehead atoms. The van der Waals surface area contributed by atoms with Crippen molar-refractivity contribution < 1.29 is 41.1 Å². The zero-order valence-corrected chi connectivity index (χ0v) is 21.4. The van der Waals surface area contributed by atoms with E-state index in [1.54, 1.807) is 0 Å². The molecule has 2 aromatic carbocycles. The van der Waals surface area contributed by atoms with E-state index in [4.69, 9.17) is 5.11 Å². The zero-order chi connectivity index (χ0) is 27.7. The van der Waals surface area contributed by atoms with Crippen molar-refractivity contribution in [3.63, 3.8) is 0 Å². The van der Waals surface area contributed by atoms with Gasteiger partial charge in [-0.3, -0.25) is 9.59 Å². The molecule has 0 aromatic heterocycles. The van der Waals surface area contributed by atoms with Crippen LogP contribution in [-0.2, 0) is 25.8 Å². The van der Waals surface area contributed by atoms with Gasteiger partial charge in [-0.15, -0.1) is 0 Å². The predicted molar refractivity (Wildman–Crippen MR) is 131 cm³/mol. The van der Waals surface area contributed by atoms with Crippen molar-refractivity contribution in [3.8, 4) is 0 Å². The highest BCUT2D eigenvalue weighted by Gasteiger charge is 2.47. The molecule has 0 saturated carbocycles.